The summed E-state index contributed by atoms with van der Waals surface area (Å²) in [4.78, 5) is 61.2. The lowest BCUT2D eigenvalue weighted by atomic mass is 9.89. The third kappa shape index (κ3) is 9.61. The van der Waals surface area contributed by atoms with Crippen LogP contribution in [0.2, 0.25) is 0 Å². The number of hydrogen-bond acceptors (Lipinski definition) is 12. The minimum Gasteiger partial charge on any atom is -0.374 e. The van der Waals surface area contributed by atoms with Crippen LogP contribution in [0.15, 0.2) is 67.4 Å². The van der Waals surface area contributed by atoms with Gasteiger partial charge < -0.3 is 25.2 Å². The number of fused-ring (bicyclic) bond motifs is 1. The molecule has 0 spiro atoms. The quantitative estimate of drug-likeness (QED) is 0.141. The molecular weight excluding hydrogens is 856 g/mol. The number of likely N-dealkylation sites (tertiary alicyclic amines) is 2. The Labute approximate surface area is 388 Å². The molecule has 0 bridgehead atoms. The smallest absolute Gasteiger partial charge is 0.252 e. The average Bonchev–Trinajstić information content (AvgIpc) is 4.01. The molecule has 4 aliphatic rings. The van der Waals surface area contributed by atoms with E-state index in [1.54, 1.807) is 30.0 Å². The first-order valence-corrected chi connectivity index (χ1v) is 23.3. The van der Waals surface area contributed by atoms with Crippen molar-refractivity contribution in [3.8, 4) is 28.3 Å². The lowest BCUT2D eigenvalue weighted by molar-refractivity contribution is -0.146. The van der Waals surface area contributed by atoms with Gasteiger partial charge in [0, 0.05) is 105 Å². The highest BCUT2D eigenvalue weighted by Crippen LogP contribution is 2.36. The van der Waals surface area contributed by atoms with E-state index in [0.29, 0.717) is 87.4 Å². The SMILES string of the molecule is COC1(C(=O)NC(C)C)CCN(c2ccc(-c3cc(-c4cnn(C5CCN(C(=O)CN6CCC(c7ccc(NC8CCC(=O)NC8=O)cc7F)CC6)CC5)c4)cn4ncc(C#N)c34)cn2)CC1. The molecule has 18 heteroatoms. The van der Waals surface area contributed by atoms with Gasteiger partial charge in [-0.05, 0) is 101 Å². The van der Waals surface area contributed by atoms with Gasteiger partial charge in [0.05, 0.1) is 36.1 Å². The van der Waals surface area contributed by atoms with Crippen LogP contribution >= 0.6 is 0 Å². The predicted molar refractivity (Wildman–Crippen MR) is 248 cm³/mol. The van der Waals surface area contributed by atoms with Gasteiger partial charge in [0.2, 0.25) is 17.7 Å². The Hall–Kier alpha value is -6.71. The lowest BCUT2D eigenvalue weighted by Crippen LogP contribution is -2.56. The molecule has 1 atom stereocenters. The van der Waals surface area contributed by atoms with E-state index in [2.05, 4.69) is 43.0 Å². The van der Waals surface area contributed by atoms with Gasteiger partial charge in [-0.2, -0.15) is 15.5 Å². The normalized spacial score (nSPS) is 19.7. The summed E-state index contributed by atoms with van der Waals surface area (Å²) in [5.41, 5.74) is 4.87. The van der Waals surface area contributed by atoms with Gasteiger partial charge in [0.1, 0.15) is 29.3 Å². The van der Waals surface area contributed by atoms with E-state index >= 15 is 4.39 Å². The van der Waals surface area contributed by atoms with Crippen molar-refractivity contribution < 1.29 is 28.3 Å². The number of nitrogens with zero attached hydrogens (tertiary/aromatic N) is 9. The van der Waals surface area contributed by atoms with Crippen molar-refractivity contribution in [3.05, 3.63) is 84.3 Å². The highest BCUT2D eigenvalue weighted by Gasteiger charge is 2.42. The second kappa shape index (κ2) is 19.3. The van der Waals surface area contributed by atoms with Crippen LogP contribution in [0.25, 0.3) is 27.8 Å². The molecule has 5 aromatic rings. The molecule has 4 aromatic heterocycles. The van der Waals surface area contributed by atoms with E-state index in [9.17, 15) is 24.4 Å². The Morgan fingerprint density at radius 1 is 0.925 bits per heavy atom. The van der Waals surface area contributed by atoms with Crippen molar-refractivity contribution >= 4 is 40.7 Å². The first kappa shape index (κ1) is 45.4. The van der Waals surface area contributed by atoms with Crippen LogP contribution in [0.1, 0.15) is 88.3 Å². The molecule has 17 nitrogen and oxygen atoms in total. The third-order valence-electron chi connectivity index (χ3n) is 14.0. The number of benzene rings is 1. The summed E-state index contributed by atoms with van der Waals surface area (Å²) in [6.45, 7) is 8.09. The van der Waals surface area contributed by atoms with Crippen molar-refractivity contribution in [2.24, 2.45) is 0 Å². The maximum absolute atomic E-state index is 15.3. The largest absolute Gasteiger partial charge is 0.374 e. The topological polar surface area (TPSA) is 195 Å². The number of amides is 4. The highest BCUT2D eigenvalue weighted by atomic mass is 19.1. The van der Waals surface area contributed by atoms with Crippen LogP contribution in [0, 0.1) is 17.1 Å². The van der Waals surface area contributed by atoms with Crippen molar-refractivity contribution in [1.82, 2.24) is 44.8 Å². The van der Waals surface area contributed by atoms with E-state index < -0.39 is 17.6 Å². The van der Waals surface area contributed by atoms with Gasteiger partial charge in [-0.1, -0.05) is 6.07 Å². The van der Waals surface area contributed by atoms with Crippen LogP contribution < -0.4 is 20.9 Å². The number of methoxy groups -OCH3 is 1. The molecule has 3 N–H and O–H groups in total. The van der Waals surface area contributed by atoms with Gasteiger partial charge in [0.25, 0.3) is 5.91 Å². The zero-order valence-corrected chi connectivity index (χ0v) is 38.2. The molecule has 4 fully saturated rings. The molecule has 1 unspecified atom stereocenters. The molecule has 350 valence electrons. The number of nitriles is 1. The standard InChI is InChI=1S/C49H57FN12O5/c1-31(2)55-48(66)49(67-3)14-20-59(21-15-49)43-8-4-33(25-52-43)40-22-34(28-62-46(40)35(24-51)26-54-62)36-27-53-61(29-36)38-12-18-60(19-13-38)45(64)30-58-16-10-32(11-17-58)39-6-5-37(23-41(39)50)56-42-7-9-44(63)57-47(42)65/h4-6,8,22-23,25-29,31-32,38,42,56H,7,9-21,30H2,1-3H3,(H,55,66)(H,57,63,65). The van der Waals surface area contributed by atoms with E-state index in [4.69, 9.17) is 14.8 Å². The fourth-order valence-corrected chi connectivity index (χ4v) is 10.1. The summed E-state index contributed by atoms with van der Waals surface area (Å²) in [6.07, 6.45) is 13.9. The molecule has 4 amide bonds. The predicted octanol–water partition coefficient (Wildman–Crippen LogP) is 5.04. The maximum Gasteiger partial charge on any atom is 0.252 e. The molecule has 0 aliphatic carbocycles. The second-order valence-electron chi connectivity index (χ2n) is 18.6. The maximum atomic E-state index is 15.3. The summed E-state index contributed by atoms with van der Waals surface area (Å²) in [6, 6.07) is 12.9. The van der Waals surface area contributed by atoms with Gasteiger partial charge >= 0.3 is 0 Å². The fourth-order valence-electron chi connectivity index (χ4n) is 10.1. The van der Waals surface area contributed by atoms with Gasteiger partial charge in [-0.25, -0.2) is 13.9 Å². The molecule has 1 aromatic carbocycles. The van der Waals surface area contributed by atoms with Crippen molar-refractivity contribution in [3.63, 3.8) is 0 Å². The van der Waals surface area contributed by atoms with Crippen LogP contribution in [0.5, 0.6) is 0 Å². The minimum atomic E-state index is -0.863. The second-order valence-corrected chi connectivity index (χ2v) is 18.6. The number of halogens is 1. The van der Waals surface area contributed by atoms with Gasteiger partial charge in [-0.3, -0.25) is 34.1 Å². The monoisotopic (exact) mass is 912 g/mol. The molecule has 4 saturated heterocycles. The molecule has 8 heterocycles. The Balaban J connectivity index is 0.788. The first-order valence-electron chi connectivity index (χ1n) is 23.3. The van der Waals surface area contributed by atoms with Crippen molar-refractivity contribution in [1.29, 1.82) is 5.26 Å². The zero-order chi connectivity index (χ0) is 46.8. The first-order chi connectivity index (χ1) is 32.4. The molecule has 0 saturated carbocycles. The molecule has 4 aliphatic heterocycles. The highest BCUT2D eigenvalue weighted by molar-refractivity contribution is 6.01. The molecule has 67 heavy (non-hydrogen) atoms. The Kier molecular flexibility index (Phi) is 13.1. The van der Waals surface area contributed by atoms with Crippen LogP contribution in [0.3, 0.4) is 0 Å². The number of anilines is 2. The van der Waals surface area contributed by atoms with E-state index in [1.807, 2.05) is 60.3 Å². The fraction of sp³-hybridized carbons (Fsp3) is 0.469. The average molecular weight is 913 g/mol. The summed E-state index contributed by atoms with van der Waals surface area (Å²) >= 11 is 0. The Morgan fingerprint density at radius 3 is 2.37 bits per heavy atom. The Morgan fingerprint density at radius 2 is 1.70 bits per heavy atom. The number of ether oxygens (including phenoxy) is 1. The van der Waals surface area contributed by atoms with E-state index in [-0.39, 0.29) is 48.0 Å². The number of aromatic nitrogens is 5. The summed E-state index contributed by atoms with van der Waals surface area (Å²) in [5, 5.41) is 27.7. The summed E-state index contributed by atoms with van der Waals surface area (Å²) in [5.74, 6) is -0.160. The van der Waals surface area contributed by atoms with E-state index in [0.717, 1.165) is 53.8 Å². The van der Waals surface area contributed by atoms with E-state index in [1.165, 1.54) is 6.07 Å². The van der Waals surface area contributed by atoms with Crippen LogP contribution in [-0.4, -0.2) is 128 Å². The van der Waals surface area contributed by atoms with Crippen LogP contribution in [0.4, 0.5) is 15.9 Å². The Bertz CT molecular complexity index is 2690. The van der Waals surface area contributed by atoms with Gasteiger partial charge in [0.15, 0.2) is 0 Å². The number of pyridine rings is 2. The third-order valence-corrected chi connectivity index (χ3v) is 14.0. The molecular formula is C49H57FN12O5. The number of nitrogens with one attached hydrogen (secondary N) is 3. The van der Waals surface area contributed by atoms with Gasteiger partial charge in [-0.15, -0.1) is 0 Å². The minimum absolute atomic E-state index is 0.0246. The van der Waals surface area contributed by atoms with Crippen molar-refractivity contribution in [2.45, 2.75) is 94.9 Å². The number of imide groups is 1. The number of carbonyl (C=O) groups is 4. The summed E-state index contributed by atoms with van der Waals surface area (Å²) < 4.78 is 24.8. The number of hydrogen-bond donors (Lipinski definition) is 3. The molecule has 9 rings (SSSR count). The van der Waals surface area contributed by atoms with Crippen LogP contribution in [-0.2, 0) is 23.9 Å². The summed E-state index contributed by atoms with van der Waals surface area (Å²) in [7, 11) is 1.60. The zero-order valence-electron chi connectivity index (χ0n) is 38.2. The number of rotatable bonds is 12. The molecule has 0 radical (unpaired) electrons. The van der Waals surface area contributed by atoms with Crippen molar-refractivity contribution in [2.75, 3.05) is 63.1 Å². The lowest BCUT2D eigenvalue weighted by Gasteiger charge is -2.40. The number of carbonyl (C=O) groups excluding carboxylic acids is 4. The number of piperidine rings is 4.